The molecule has 0 heterocycles. The first-order valence-corrected chi connectivity index (χ1v) is 6.81. The molecule has 0 amide bonds. The predicted molar refractivity (Wildman–Crippen MR) is 79.0 cm³/mol. The van der Waals surface area contributed by atoms with Crippen molar-refractivity contribution in [3.05, 3.63) is 23.8 Å². The Bertz CT molecular complexity index is 406. The molecule has 0 bridgehead atoms. The molecule has 3 nitrogen and oxygen atoms in total. The second kappa shape index (κ2) is 5.19. The van der Waals surface area contributed by atoms with E-state index in [0.29, 0.717) is 5.54 Å². The van der Waals surface area contributed by atoms with Gasteiger partial charge in [-0.1, -0.05) is 18.9 Å². The third-order valence-corrected chi connectivity index (χ3v) is 4.47. The summed E-state index contributed by atoms with van der Waals surface area (Å²) in [6.45, 7) is 3.08. The van der Waals surface area contributed by atoms with Crippen LogP contribution < -0.4 is 11.1 Å². The zero-order valence-electron chi connectivity index (χ0n) is 11.8. The van der Waals surface area contributed by atoms with E-state index < -0.39 is 0 Å². The Hall–Kier alpha value is -1.22. The van der Waals surface area contributed by atoms with Crippen LogP contribution in [0.2, 0.25) is 0 Å². The molecule has 2 rings (SSSR count). The van der Waals surface area contributed by atoms with Gasteiger partial charge in [-0.15, -0.1) is 0 Å². The first-order valence-electron chi connectivity index (χ1n) is 6.81. The Morgan fingerprint density at radius 1 is 1.28 bits per heavy atom. The van der Waals surface area contributed by atoms with Gasteiger partial charge in [-0.3, -0.25) is 0 Å². The van der Waals surface area contributed by atoms with Gasteiger partial charge in [0.2, 0.25) is 0 Å². The number of nitrogens with one attached hydrogen (secondary N) is 1. The van der Waals surface area contributed by atoms with Gasteiger partial charge in [-0.05, 0) is 51.6 Å². The van der Waals surface area contributed by atoms with Crippen molar-refractivity contribution in [2.24, 2.45) is 0 Å². The predicted octanol–water partition coefficient (Wildman–Crippen LogP) is 2.86. The molecule has 1 fully saturated rings. The summed E-state index contributed by atoms with van der Waals surface area (Å²) in [4.78, 5) is 2.38. The molecule has 0 spiro atoms. The highest BCUT2D eigenvalue weighted by Crippen LogP contribution is 2.34. The molecule has 1 aliphatic rings. The van der Waals surface area contributed by atoms with Crippen molar-refractivity contribution in [1.82, 2.24) is 4.90 Å². The highest BCUT2D eigenvalue weighted by Gasteiger charge is 2.35. The maximum atomic E-state index is 5.95. The van der Waals surface area contributed by atoms with E-state index in [1.54, 1.807) is 0 Å². The Balaban J connectivity index is 2.08. The maximum Gasteiger partial charge on any atom is 0.0391 e. The second-order valence-electron chi connectivity index (χ2n) is 5.70. The standard InChI is InChI=1S/C15H25N3/c1-12-13(16)7-6-8-14(12)17-11-15(18(2)3)9-4-5-10-15/h6-8,17H,4-5,9-11,16H2,1-3H3. The largest absolute Gasteiger partial charge is 0.398 e. The number of nitrogens with two attached hydrogens (primary N) is 1. The van der Waals surface area contributed by atoms with Crippen molar-refractivity contribution in [3.63, 3.8) is 0 Å². The van der Waals surface area contributed by atoms with Crippen LogP contribution in [0.1, 0.15) is 31.2 Å². The van der Waals surface area contributed by atoms with Gasteiger partial charge in [0, 0.05) is 23.5 Å². The lowest BCUT2D eigenvalue weighted by molar-refractivity contribution is 0.172. The Kier molecular flexibility index (Phi) is 3.81. The summed E-state index contributed by atoms with van der Waals surface area (Å²) >= 11 is 0. The Morgan fingerprint density at radius 3 is 2.56 bits per heavy atom. The number of rotatable bonds is 4. The minimum Gasteiger partial charge on any atom is -0.398 e. The minimum atomic E-state index is 0.317. The van der Waals surface area contributed by atoms with E-state index in [1.807, 2.05) is 12.1 Å². The van der Waals surface area contributed by atoms with E-state index in [0.717, 1.165) is 17.8 Å². The van der Waals surface area contributed by atoms with E-state index >= 15 is 0 Å². The van der Waals surface area contributed by atoms with Gasteiger partial charge in [0.1, 0.15) is 0 Å². The number of hydrogen-bond acceptors (Lipinski definition) is 3. The molecule has 0 saturated heterocycles. The van der Waals surface area contributed by atoms with Crippen LogP contribution in [-0.2, 0) is 0 Å². The SMILES string of the molecule is Cc1c(N)cccc1NCC1(N(C)C)CCCC1. The molecule has 18 heavy (non-hydrogen) atoms. The van der Waals surface area contributed by atoms with E-state index in [1.165, 1.54) is 31.4 Å². The molecule has 0 unspecified atom stereocenters. The monoisotopic (exact) mass is 247 g/mol. The third kappa shape index (κ3) is 2.46. The van der Waals surface area contributed by atoms with Crippen molar-refractivity contribution < 1.29 is 0 Å². The molecule has 0 atom stereocenters. The molecule has 3 N–H and O–H groups in total. The maximum absolute atomic E-state index is 5.95. The zero-order valence-corrected chi connectivity index (χ0v) is 11.8. The second-order valence-corrected chi connectivity index (χ2v) is 5.70. The molecule has 0 aromatic heterocycles. The number of benzene rings is 1. The van der Waals surface area contributed by atoms with Crippen LogP contribution in [0.5, 0.6) is 0 Å². The first-order chi connectivity index (χ1) is 8.55. The molecule has 1 aromatic carbocycles. The van der Waals surface area contributed by atoms with Crippen molar-refractivity contribution in [2.75, 3.05) is 31.7 Å². The van der Waals surface area contributed by atoms with Gasteiger partial charge in [-0.25, -0.2) is 0 Å². The fourth-order valence-electron chi connectivity index (χ4n) is 2.92. The quantitative estimate of drug-likeness (QED) is 0.804. The molecule has 0 radical (unpaired) electrons. The number of nitrogens with zero attached hydrogens (tertiary/aromatic N) is 1. The summed E-state index contributed by atoms with van der Waals surface area (Å²) in [5.74, 6) is 0. The summed E-state index contributed by atoms with van der Waals surface area (Å²) in [6, 6.07) is 6.09. The lowest BCUT2D eigenvalue weighted by Gasteiger charge is -2.37. The van der Waals surface area contributed by atoms with Gasteiger partial charge in [0.05, 0.1) is 0 Å². The third-order valence-electron chi connectivity index (χ3n) is 4.47. The number of anilines is 2. The van der Waals surface area contributed by atoms with Crippen LogP contribution in [-0.4, -0.2) is 31.1 Å². The molecule has 1 aliphatic carbocycles. The Labute approximate surface area is 110 Å². The first kappa shape index (κ1) is 13.2. The highest BCUT2D eigenvalue weighted by atomic mass is 15.2. The van der Waals surface area contributed by atoms with E-state index in [-0.39, 0.29) is 0 Å². The zero-order chi connectivity index (χ0) is 13.2. The molecule has 1 saturated carbocycles. The van der Waals surface area contributed by atoms with Crippen molar-refractivity contribution in [1.29, 1.82) is 0 Å². The number of nitrogen functional groups attached to an aromatic ring is 1. The van der Waals surface area contributed by atoms with Crippen molar-refractivity contribution in [2.45, 2.75) is 38.1 Å². The van der Waals surface area contributed by atoms with Crippen molar-refractivity contribution in [3.8, 4) is 0 Å². The summed E-state index contributed by atoms with van der Waals surface area (Å²) in [6.07, 6.45) is 5.26. The highest BCUT2D eigenvalue weighted by molar-refractivity contribution is 5.62. The average molecular weight is 247 g/mol. The minimum absolute atomic E-state index is 0.317. The molecular weight excluding hydrogens is 222 g/mol. The molecule has 3 heteroatoms. The molecule has 1 aromatic rings. The van der Waals surface area contributed by atoms with Crippen LogP contribution >= 0.6 is 0 Å². The summed E-state index contributed by atoms with van der Waals surface area (Å²) < 4.78 is 0. The van der Waals surface area contributed by atoms with Crippen LogP contribution in [0.3, 0.4) is 0 Å². The lowest BCUT2D eigenvalue weighted by Crippen LogP contribution is -2.47. The molecular formula is C15H25N3. The van der Waals surface area contributed by atoms with Gasteiger partial charge in [-0.2, -0.15) is 0 Å². The summed E-state index contributed by atoms with van der Waals surface area (Å²) in [5.41, 5.74) is 9.46. The number of likely N-dealkylation sites (N-methyl/N-ethyl adjacent to an activating group) is 1. The van der Waals surface area contributed by atoms with E-state index in [2.05, 4.69) is 37.3 Å². The van der Waals surface area contributed by atoms with E-state index in [9.17, 15) is 0 Å². The fourth-order valence-corrected chi connectivity index (χ4v) is 2.92. The van der Waals surface area contributed by atoms with Crippen LogP contribution in [0.15, 0.2) is 18.2 Å². The van der Waals surface area contributed by atoms with Gasteiger partial charge in [0.25, 0.3) is 0 Å². The van der Waals surface area contributed by atoms with Crippen LogP contribution in [0.25, 0.3) is 0 Å². The molecule has 0 aliphatic heterocycles. The lowest BCUT2D eigenvalue weighted by atomic mass is 9.95. The van der Waals surface area contributed by atoms with Gasteiger partial charge in [0.15, 0.2) is 0 Å². The number of hydrogen-bond donors (Lipinski definition) is 2. The normalized spacial score (nSPS) is 18.2. The van der Waals surface area contributed by atoms with Crippen LogP contribution in [0.4, 0.5) is 11.4 Å². The Morgan fingerprint density at radius 2 is 1.94 bits per heavy atom. The summed E-state index contributed by atoms with van der Waals surface area (Å²) in [7, 11) is 4.39. The van der Waals surface area contributed by atoms with Crippen molar-refractivity contribution >= 4 is 11.4 Å². The van der Waals surface area contributed by atoms with E-state index in [4.69, 9.17) is 5.73 Å². The average Bonchev–Trinajstić information content (AvgIpc) is 2.81. The van der Waals surface area contributed by atoms with Crippen LogP contribution in [0, 0.1) is 6.92 Å². The fraction of sp³-hybridized carbons (Fsp3) is 0.600. The smallest absolute Gasteiger partial charge is 0.0391 e. The molecule has 100 valence electrons. The summed E-state index contributed by atoms with van der Waals surface area (Å²) in [5, 5.41) is 3.60. The topological polar surface area (TPSA) is 41.3 Å². The van der Waals surface area contributed by atoms with Gasteiger partial charge >= 0.3 is 0 Å². The van der Waals surface area contributed by atoms with Gasteiger partial charge < -0.3 is 16.0 Å².